The van der Waals surface area contributed by atoms with E-state index in [1.807, 2.05) is 12.1 Å². The number of hydrogen-bond acceptors (Lipinski definition) is 4. The van der Waals surface area contributed by atoms with Gasteiger partial charge in [-0.05, 0) is 23.1 Å². The smallest absolute Gasteiger partial charge is 0.270 e. The van der Waals surface area contributed by atoms with Crippen LogP contribution >= 0.6 is 0 Å². The van der Waals surface area contributed by atoms with Crippen LogP contribution < -0.4 is 0 Å². The number of likely N-dealkylation sites (tertiary alicyclic amines) is 1. The standard InChI is InChI=1S/C23H28N4O4/c1-23(2,3)16-5-4-15-12-18(24-17(15)13-16)22(31)26-10-8-25(9-11-26)21(30)14-27-19(28)6-7-20(27)29/h4-5,12-13,24H,6-11,14H2,1-3H3. The molecule has 8 nitrogen and oxygen atoms in total. The van der Waals surface area contributed by atoms with E-state index in [0.717, 1.165) is 15.8 Å². The average Bonchev–Trinajstić information content (AvgIpc) is 3.30. The Bertz CT molecular complexity index is 1040. The molecule has 4 amide bonds. The van der Waals surface area contributed by atoms with Crippen LogP contribution in [-0.2, 0) is 19.8 Å². The molecule has 0 aliphatic carbocycles. The first-order chi connectivity index (χ1) is 14.6. The van der Waals surface area contributed by atoms with Gasteiger partial charge in [0, 0.05) is 49.9 Å². The third kappa shape index (κ3) is 4.19. The summed E-state index contributed by atoms with van der Waals surface area (Å²) >= 11 is 0. The molecule has 0 radical (unpaired) electrons. The molecule has 4 rings (SSSR count). The summed E-state index contributed by atoms with van der Waals surface area (Å²) in [6.45, 7) is 7.84. The number of carbonyl (C=O) groups excluding carboxylic acids is 4. The number of nitrogens with zero attached hydrogens (tertiary/aromatic N) is 3. The first kappa shape index (κ1) is 21.1. The summed E-state index contributed by atoms with van der Waals surface area (Å²) in [5, 5.41) is 0.991. The molecule has 164 valence electrons. The maximum atomic E-state index is 13.0. The van der Waals surface area contributed by atoms with Gasteiger partial charge < -0.3 is 14.8 Å². The van der Waals surface area contributed by atoms with Crippen LogP contribution in [0, 0.1) is 0 Å². The number of piperazine rings is 1. The van der Waals surface area contributed by atoms with Crippen molar-refractivity contribution < 1.29 is 19.2 Å². The number of aromatic amines is 1. The summed E-state index contributed by atoms with van der Waals surface area (Å²) in [5.41, 5.74) is 2.69. The molecular weight excluding hydrogens is 396 g/mol. The summed E-state index contributed by atoms with van der Waals surface area (Å²) in [5.74, 6) is -0.928. The van der Waals surface area contributed by atoms with E-state index < -0.39 is 0 Å². The molecule has 2 fully saturated rings. The number of H-pyrrole nitrogens is 1. The number of imide groups is 1. The third-order valence-electron chi connectivity index (χ3n) is 6.09. The van der Waals surface area contributed by atoms with Crippen molar-refractivity contribution in [2.45, 2.75) is 39.0 Å². The number of amides is 4. The van der Waals surface area contributed by atoms with Crippen LogP contribution in [0.15, 0.2) is 24.3 Å². The zero-order chi connectivity index (χ0) is 22.3. The van der Waals surface area contributed by atoms with Crippen molar-refractivity contribution in [2.75, 3.05) is 32.7 Å². The van der Waals surface area contributed by atoms with Crippen molar-refractivity contribution in [1.82, 2.24) is 19.7 Å². The van der Waals surface area contributed by atoms with Crippen molar-refractivity contribution in [3.63, 3.8) is 0 Å². The molecular formula is C23H28N4O4. The van der Waals surface area contributed by atoms with Crippen molar-refractivity contribution in [3.8, 4) is 0 Å². The van der Waals surface area contributed by atoms with Crippen LogP contribution in [0.5, 0.6) is 0 Å². The lowest BCUT2D eigenvalue weighted by atomic mass is 9.87. The molecule has 2 aliphatic rings. The number of benzene rings is 1. The Kier molecular flexibility index (Phi) is 5.33. The van der Waals surface area contributed by atoms with E-state index in [1.165, 1.54) is 5.56 Å². The van der Waals surface area contributed by atoms with Gasteiger partial charge in [-0.15, -0.1) is 0 Å². The van der Waals surface area contributed by atoms with Gasteiger partial charge in [0.1, 0.15) is 12.2 Å². The molecule has 1 aromatic carbocycles. The van der Waals surface area contributed by atoms with Gasteiger partial charge in [-0.2, -0.15) is 0 Å². The second-order valence-electron chi connectivity index (χ2n) is 9.28. The number of fused-ring (bicyclic) bond motifs is 1. The number of carbonyl (C=O) groups is 4. The highest BCUT2D eigenvalue weighted by atomic mass is 16.2. The monoisotopic (exact) mass is 424 g/mol. The minimum Gasteiger partial charge on any atom is -0.351 e. The number of nitrogens with one attached hydrogen (secondary N) is 1. The van der Waals surface area contributed by atoms with Crippen LogP contribution in [0.2, 0.25) is 0 Å². The summed E-state index contributed by atoms with van der Waals surface area (Å²) in [6, 6.07) is 8.07. The van der Waals surface area contributed by atoms with Crippen LogP contribution in [0.4, 0.5) is 0 Å². The molecule has 31 heavy (non-hydrogen) atoms. The SMILES string of the molecule is CC(C)(C)c1ccc2cc(C(=O)N3CCN(C(=O)CN4C(=O)CCC4=O)CC3)[nH]c2c1. The first-order valence-electron chi connectivity index (χ1n) is 10.7. The Morgan fingerprint density at radius 3 is 2.16 bits per heavy atom. The van der Waals surface area contributed by atoms with Crippen molar-refractivity contribution in [3.05, 3.63) is 35.5 Å². The second kappa shape index (κ2) is 7.83. The van der Waals surface area contributed by atoms with E-state index in [1.54, 1.807) is 9.80 Å². The Labute approximate surface area is 181 Å². The van der Waals surface area contributed by atoms with E-state index in [0.29, 0.717) is 31.9 Å². The van der Waals surface area contributed by atoms with Gasteiger partial charge in [-0.3, -0.25) is 24.1 Å². The molecule has 8 heteroatoms. The molecule has 2 aliphatic heterocycles. The van der Waals surface area contributed by atoms with E-state index in [9.17, 15) is 19.2 Å². The Morgan fingerprint density at radius 1 is 0.935 bits per heavy atom. The second-order valence-corrected chi connectivity index (χ2v) is 9.28. The van der Waals surface area contributed by atoms with Gasteiger partial charge in [0.25, 0.3) is 5.91 Å². The Balaban J connectivity index is 1.38. The van der Waals surface area contributed by atoms with E-state index in [4.69, 9.17) is 0 Å². The van der Waals surface area contributed by atoms with Crippen LogP contribution in [0.25, 0.3) is 10.9 Å². The van der Waals surface area contributed by atoms with Crippen molar-refractivity contribution in [1.29, 1.82) is 0 Å². The highest BCUT2D eigenvalue weighted by Gasteiger charge is 2.33. The zero-order valence-electron chi connectivity index (χ0n) is 18.2. The molecule has 3 heterocycles. The highest BCUT2D eigenvalue weighted by Crippen LogP contribution is 2.26. The molecule has 0 atom stereocenters. The lowest BCUT2D eigenvalue weighted by molar-refractivity contribution is -0.146. The predicted molar refractivity (Wildman–Crippen MR) is 115 cm³/mol. The lowest BCUT2D eigenvalue weighted by Crippen LogP contribution is -2.53. The maximum Gasteiger partial charge on any atom is 0.270 e. The summed E-state index contributed by atoms with van der Waals surface area (Å²) < 4.78 is 0. The summed E-state index contributed by atoms with van der Waals surface area (Å²) in [7, 11) is 0. The fraction of sp³-hybridized carbons (Fsp3) is 0.478. The fourth-order valence-electron chi connectivity index (χ4n) is 4.07. The molecule has 1 aromatic heterocycles. The van der Waals surface area contributed by atoms with Crippen molar-refractivity contribution in [2.24, 2.45) is 0 Å². The summed E-state index contributed by atoms with van der Waals surface area (Å²) in [6.07, 6.45) is 0.353. The first-order valence-corrected chi connectivity index (χ1v) is 10.7. The number of hydrogen-bond donors (Lipinski definition) is 1. The Morgan fingerprint density at radius 2 is 1.55 bits per heavy atom. The quantitative estimate of drug-likeness (QED) is 0.762. The van der Waals surface area contributed by atoms with Gasteiger partial charge in [-0.1, -0.05) is 32.9 Å². The molecule has 0 bridgehead atoms. The largest absolute Gasteiger partial charge is 0.351 e. The molecule has 1 N–H and O–H groups in total. The molecule has 2 aromatic rings. The molecule has 2 saturated heterocycles. The van der Waals surface area contributed by atoms with E-state index in [-0.39, 0.29) is 48.4 Å². The predicted octanol–water partition coefficient (Wildman–Crippen LogP) is 1.90. The van der Waals surface area contributed by atoms with Gasteiger partial charge in [0.2, 0.25) is 17.7 Å². The normalized spacial score (nSPS) is 17.7. The van der Waals surface area contributed by atoms with Gasteiger partial charge >= 0.3 is 0 Å². The summed E-state index contributed by atoms with van der Waals surface area (Å²) in [4.78, 5) is 56.6. The third-order valence-corrected chi connectivity index (χ3v) is 6.09. The van der Waals surface area contributed by atoms with Crippen LogP contribution in [0.1, 0.15) is 49.7 Å². The molecule has 0 unspecified atom stereocenters. The number of aromatic nitrogens is 1. The van der Waals surface area contributed by atoms with Crippen LogP contribution in [0.3, 0.4) is 0 Å². The molecule has 0 spiro atoms. The van der Waals surface area contributed by atoms with Gasteiger partial charge in [-0.25, -0.2) is 0 Å². The topological polar surface area (TPSA) is 93.8 Å². The lowest BCUT2D eigenvalue weighted by Gasteiger charge is -2.35. The minimum absolute atomic E-state index is 0.0244. The van der Waals surface area contributed by atoms with Crippen molar-refractivity contribution >= 4 is 34.5 Å². The van der Waals surface area contributed by atoms with Gasteiger partial charge in [0.05, 0.1) is 0 Å². The fourth-order valence-corrected chi connectivity index (χ4v) is 4.07. The number of rotatable bonds is 3. The molecule has 0 saturated carbocycles. The van der Waals surface area contributed by atoms with E-state index in [2.05, 4.69) is 37.9 Å². The van der Waals surface area contributed by atoms with E-state index >= 15 is 0 Å². The highest BCUT2D eigenvalue weighted by molar-refractivity contribution is 6.04. The van der Waals surface area contributed by atoms with Crippen LogP contribution in [-0.4, -0.2) is 76.0 Å². The minimum atomic E-state index is -0.291. The average molecular weight is 425 g/mol. The van der Waals surface area contributed by atoms with Gasteiger partial charge in [0.15, 0.2) is 0 Å². The Hall–Kier alpha value is -3.16. The zero-order valence-corrected chi connectivity index (χ0v) is 18.2. The maximum absolute atomic E-state index is 13.0.